The fourth-order valence-electron chi connectivity index (χ4n) is 2.83. The van der Waals surface area contributed by atoms with Gasteiger partial charge in [-0.2, -0.15) is 5.10 Å². The summed E-state index contributed by atoms with van der Waals surface area (Å²) in [6.45, 7) is 2.06. The van der Waals surface area contributed by atoms with E-state index in [0.717, 1.165) is 32.4 Å². The van der Waals surface area contributed by atoms with Crippen LogP contribution in [0.4, 0.5) is 10.1 Å². The van der Waals surface area contributed by atoms with Crippen molar-refractivity contribution in [2.45, 2.75) is 25.7 Å². The van der Waals surface area contributed by atoms with E-state index in [-0.39, 0.29) is 5.91 Å². The number of amides is 1. The summed E-state index contributed by atoms with van der Waals surface area (Å²) in [5.74, 6) is 0.0801. The van der Waals surface area contributed by atoms with Gasteiger partial charge in [-0.1, -0.05) is 0 Å². The number of carbonyl (C=O) groups excluding carboxylic acids is 1. The summed E-state index contributed by atoms with van der Waals surface area (Å²) in [4.78, 5) is 15.8. The maximum atomic E-state index is 14.1. The number of aromatic nitrogens is 3. The van der Waals surface area contributed by atoms with Crippen LogP contribution in [0.25, 0.3) is 5.69 Å². The third kappa shape index (κ3) is 4.13. The number of nitrogens with one attached hydrogen (secondary N) is 2. The summed E-state index contributed by atoms with van der Waals surface area (Å²) >= 11 is 0. The Bertz CT molecular complexity index is 652. The van der Waals surface area contributed by atoms with Gasteiger partial charge in [0.15, 0.2) is 5.82 Å². The largest absolute Gasteiger partial charge is 0.326 e. The molecule has 1 aromatic heterocycles. The number of nitrogens with zero attached hydrogens (tertiary/aromatic N) is 3. The van der Waals surface area contributed by atoms with Crippen molar-refractivity contribution >= 4 is 11.6 Å². The van der Waals surface area contributed by atoms with Crippen LogP contribution in [0.15, 0.2) is 30.9 Å². The van der Waals surface area contributed by atoms with E-state index in [4.69, 9.17) is 0 Å². The Morgan fingerprint density at radius 2 is 2.22 bits per heavy atom. The molecular weight excluding hydrogens is 297 g/mol. The van der Waals surface area contributed by atoms with E-state index in [2.05, 4.69) is 20.7 Å². The third-order valence-corrected chi connectivity index (χ3v) is 4.14. The molecule has 3 rings (SSSR count). The van der Waals surface area contributed by atoms with Crippen LogP contribution in [0.1, 0.15) is 25.7 Å². The number of halogens is 1. The van der Waals surface area contributed by atoms with Crippen LogP contribution in [0.5, 0.6) is 0 Å². The van der Waals surface area contributed by atoms with Gasteiger partial charge < -0.3 is 10.6 Å². The highest BCUT2D eigenvalue weighted by Gasteiger charge is 2.15. The number of hydrogen-bond acceptors (Lipinski definition) is 4. The Morgan fingerprint density at radius 3 is 2.91 bits per heavy atom. The van der Waals surface area contributed by atoms with Crippen molar-refractivity contribution in [3.63, 3.8) is 0 Å². The van der Waals surface area contributed by atoms with Crippen LogP contribution in [0, 0.1) is 11.7 Å². The number of hydrogen-bond donors (Lipinski definition) is 2. The van der Waals surface area contributed by atoms with Crippen molar-refractivity contribution in [3.8, 4) is 5.69 Å². The van der Waals surface area contributed by atoms with E-state index in [1.807, 2.05) is 0 Å². The fraction of sp³-hybridized carbons (Fsp3) is 0.438. The Labute approximate surface area is 134 Å². The van der Waals surface area contributed by atoms with Crippen molar-refractivity contribution in [2.24, 2.45) is 5.92 Å². The van der Waals surface area contributed by atoms with Crippen molar-refractivity contribution < 1.29 is 9.18 Å². The van der Waals surface area contributed by atoms with Crippen LogP contribution < -0.4 is 10.6 Å². The van der Waals surface area contributed by atoms with E-state index < -0.39 is 5.82 Å². The first kappa shape index (κ1) is 15.6. The summed E-state index contributed by atoms with van der Waals surface area (Å²) in [5, 5.41) is 9.96. The normalized spacial score (nSPS) is 15.5. The quantitative estimate of drug-likeness (QED) is 0.886. The lowest BCUT2D eigenvalue weighted by Crippen LogP contribution is -2.28. The molecule has 2 heterocycles. The van der Waals surface area contributed by atoms with Crippen molar-refractivity contribution in [2.75, 3.05) is 18.4 Å². The molecule has 1 saturated heterocycles. The predicted molar refractivity (Wildman–Crippen MR) is 84.8 cm³/mol. The number of piperidine rings is 1. The molecule has 1 fully saturated rings. The SMILES string of the molecule is O=C(CCC1CCNCC1)Nc1ccc(-n2cncn2)c(F)c1. The van der Waals surface area contributed by atoms with E-state index in [9.17, 15) is 9.18 Å². The van der Waals surface area contributed by atoms with Crippen molar-refractivity contribution in [1.82, 2.24) is 20.1 Å². The lowest BCUT2D eigenvalue weighted by atomic mass is 9.93. The monoisotopic (exact) mass is 317 g/mol. The molecule has 1 aliphatic heterocycles. The molecular formula is C16H20FN5O. The fourth-order valence-corrected chi connectivity index (χ4v) is 2.83. The van der Waals surface area contributed by atoms with Gasteiger partial charge in [-0.15, -0.1) is 0 Å². The van der Waals surface area contributed by atoms with Gasteiger partial charge in [-0.05, 0) is 56.5 Å². The number of anilines is 1. The maximum Gasteiger partial charge on any atom is 0.224 e. The highest BCUT2D eigenvalue weighted by atomic mass is 19.1. The maximum absolute atomic E-state index is 14.1. The zero-order valence-corrected chi connectivity index (χ0v) is 12.8. The van der Waals surface area contributed by atoms with E-state index in [1.54, 1.807) is 12.1 Å². The molecule has 2 aromatic rings. The first-order valence-corrected chi connectivity index (χ1v) is 7.87. The zero-order chi connectivity index (χ0) is 16.1. The Morgan fingerprint density at radius 1 is 1.39 bits per heavy atom. The van der Waals surface area contributed by atoms with Gasteiger partial charge in [0.25, 0.3) is 0 Å². The Kier molecular flexibility index (Phi) is 4.97. The molecule has 0 saturated carbocycles. The summed E-state index contributed by atoms with van der Waals surface area (Å²) in [6, 6.07) is 4.55. The average molecular weight is 317 g/mol. The Balaban J connectivity index is 1.55. The molecule has 0 aliphatic carbocycles. The molecule has 2 N–H and O–H groups in total. The molecule has 0 bridgehead atoms. The van der Waals surface area contributed by atoms with Gasteiger partial charge in [0.05, 0.1) is 0 Å². The zero-order valence-electron chi connectivity index (χ0n) is 12.8. The van der Waals surface area contributed by atoms with Gasteiger partial charge in [-0.25, -0.2) is 14.1 Å². The van der Waals surface area contributed by atoms with Crippen LogP contribution >= 0.6 is 0 Å². The minimum absolute atomic E-state index is 0.0727. The van der Waals surface area contributed by atoms with Crippen LogP contribution in [-0.2, 0) is 4.79 Å². The second kappa shape index (κ2) is 7.32. The second-order valence-electron chi connectivity index (χ2n) is 5.79. The lowest BCUT2D eigenvalue weighted by Gasteiger charge is -2.22. The summed E-state index contributed by atoms with van der Waals surface area (Å²) in [5.41, 5.74) is 0.761. The van der Waals surface area contributed by atoms with Gasteiger partial charge in [0, 0.05) is 12.1 Å². The molecule has 0 unspecified atom stereocenters. The standard InChI is InChI=1S/C16H20FN5O/c17-14-9-13(2-3-15(14)22-11-19-10-20-22)21-16(23)4-1-12-5-7-18-8-6-12/h2-3,9-12,18H,1,4-8H2,(H,21,23). The van der Waals surface area contributed by atoms with E-state index in [0.29, 0.717) is 23.7 Å². The van der Waals surface area contributed by atoms with Crippen molar-refractivity contribution in [1.29, 1.82) is 0 Å². The minimum atomic E-state index is -0.452. The molecule has 122 valence electrons. The minimum Gasteiger partial charge on any atom is -0.326 e. The van der Waals surface area contributed by atoms with E-state index >= 15 is 0 Å². The summed E-state index contributed by atoms with van der Waals surface area (Å²) in [7, 11) is 0. The van der Waals surface area contributed by atoms with Gasteiger partial charge in [0.2, 0.25) is 5.91 Å². The smallest absolute Gasteiger partial charge is 0.224 e. The topological polar surface area (TPSA) is 71.8 Å². The van der Waals surface area contributed by atoms with Gasteiger partial charge in [-0.3, -0.25) is 4.79 Å². The first-order chi connectivity index (χ1) is 11.2. The predicted octanol–water partition coefficient (Wildman–Crippen LogP) is 2.12. The van der Waals surface area contributed by atoms with Crippen molar-refractivity contribution in [3.05, 3.63) is 36.7 Å². The summed E-state index contributed by atoms with van der Waals surface area (Å²) < 4.78 is 15.4. The van der Waals surface area contributed by atoms with Gasteiger partial charge in [0.1, 0.15) is 18.3 Å². The Hall–Kier alpha value is -2.28. The summed E-state index contributed by atoms with van der Waals surface area (Å²) in [6.07, 6.45) is 6.36. The van der Waals surface area contributed by atoms with Crippen LogP contribution in [-0.4, -0.2) is 33.8 Å². The molecule has 6 nitrogen and oxygen atoms in total. The lowest BCUT2D eigenvalue weighted by molar-refractivity contribution is -0.116. The van der Waals surface area contributed by atoms with Gasteiger partial charge >= 0.3 is 0 Å². The number of rotatable bonds is 5. The number of carbonyl (C=O) groups is 1. The molecule has 1 aromatic carbocycles. The molecule has 1 aliphatic rings. The first-order valence-electron chi connectivity index (χ1n) is 7.87. The van der Waals surface area contributed by atoms with Crippen LogP contribution in [0.2, 0.25) is 0 Å². The highest BCUT2D eigenvalue weighted by molar-refractivity contribution is 5.90. The second-order valence-corrected chi connectivity index (χ2v) is 5.79. The average Bonchev–Trinajstić information content (AvgIpc) is 3.08. The van der Waals surface area contributed by atoms with Crippen LogP contribution in [0.3, 0.4) is 0 Å². The molecule has 0 atom stereocenters. The third-order valence-electron chi connectivity index (χ3n) is 4.14. The van der Waals surface area contributed by atoms with E-state index in [1.165, 1.54) is 23.4 Å². The molecule has 23 heavy (non-hydrogen) atoms. The molecule has 1 amide bonds. The highest BCUT2D eigenvalue weighted by Crippen LogP contribution is 2.20. The molecule has 7 heteroatoms. The molecule has 0 radical (unpaired) electrons. The molecule has 0 spiro atoms. The number of benzene rings is 1.